The minimum atomic E-state index is 0.694. The molecular formula is C20H23N5S. The van der Waals surface area contributed by atoms with E-state index in [-0.39, 0.29) is 0 Å². The van der Waals surface area contributed by atoms with Crippen LogP contribution < -0.4 is 10.6 Å². The Morgan fingerprint density at radius 1 is 1.08 bits per heavy atom. The van der Waals surface area contributed by atoms with Gasteiger partial charge in [0.25, 0.3) is 0 Å². The quantitative estimate of drug-likeness (QED) is 0.707. The second kappa shape index (κ2) is 8.38. The van der Waals surface area contributed by atoms with Gasteiger partial charge in [-0.05, 0) is 50.3 Å². The van der Waals surface area contributed by atoms with Gasteiger partial charge in [0, 0.05) is 12.4 Å². The zero-order valence-electron chi connectivity index (χ0n) is 14.7. The molecule has 6 heteroatoms. The molecule has 0 bridgehead atoms. The Balaban J connectivity index is 1.43. The van der Waals surface area contributed by atoms with E-state index in [1.807, 2.05) is 30.6 Å². The SMILES string of the molecule is c1ccc(-c2cnc(Nc3cncc(C[C@H]4CCCNCC4)n3)s2)cc1. The standard InChI is InChI=1S/C20H23N5S/c1-2-6-16(7-3-1)18-13-23-20(26-18)25-19-14-22-12-17(24-19)11-15-5-4-9-21-10-8-15/h1-3,6-7,12-15,21H,4-5,8-11H2,(H,23,24,25)/t15-/m0/s1. The second-order valence-electron chi connectivity index (χ2n) is 6.67. The molecule has 0 radical (unpaired) electrons. The third kappa shape index (κ3) is 4.45. The van der Waals surface area contributed by atoms with Crippen LogP contribution in [0, 0.1) is 5.92 Å². The van der Waals surface area contributed by atoms with Gasteiger partial charge in [-0.15, -0.1) is 0 Å². The van der Waals surface area contributed by atoms with E-state index in [1.54, 1.807) is 17.5 Å². The van der Waals surface area contributed by atoms with E-state index < -0.39 is 0 Å². The van der Waals surface area contributed by atoms with Crippen molar-refractivity contribution in [1.82, 2.24) is 20.3 Å². The van der Waals surface area contributed by atoms with Gasteiger partial charge in [-0.3, -0.25) is 4.98 Å². The zero-order chi connectivity index (χ0) is 17.6. The lowest BCUT2D eigenvalue weighted by atomic mass is 9.95. The molecule has 3 heterocycles. The molecule has 4 rings (SSSR count). The summed E-state index contributed by atoms with van der Waals surface area (Å²) in [4.78, 5) is 14.7. The first kappa shape index (κ1) is 17.1. The van der Waals surface area contributed by atoms with E-state index in [0.717, 1.165) is 41.0 Å². The van der Waals surface area contributed by atoms with E-state index in [1.165, 1.54) is 24.8 Å². The number of benzene rings is 1. The predicted octanol–water partition coefficient (Wildman–Crippen LogP) is 4.28. The van der Waals surface area contributed by atoms with Gasteiger partial charge in [-0.1, -0.05) is 41.7 Å². The highest BCUT2D eigenvalue weighted by Crippen LogP contribution is 2.30. The lowest BCUT2D eigenvalue weighted by Crippen LogP contribution is -2.14. The van der Waals surface area contributed by atoms with E-state index in [9.17, 15) is 0 Å². The predicted molar refractivity (Wildman–Crippen MR) is 107 cm³/mol. The zero-order valence-corrected chi connectivity index (χ0v) is 15.5. The van der Waals surface area contributed by atoms with E-state index in [2.05, 4.69) is 32.7 Å². The molecule has 3 aromatic rings. The normalized spacial score (nSPS) is 17.6. The molecule has 1 fully saturated rings. The van der Waals surface area contributed by atoms with Gasteiger partial charge >= 0.3 is 0 Å². The number of hydrogen-bond donors (Lipinski definition) is 2. The molecule has 5 nitrogen and oxygen atoms in total. The van der Waals surface area contributed by atoms with Crippen LogP contribution in [0.15, 0.2) is 48.9 Å². The van der Waals surface area contributed by atoms with Gasteiger partial charge < -0.3 is 10.6 Å². The van der Waals surface area contributed by atoms with Crippen LogP contribution in [0.3, 0.4) is 0 Å². The molecule has 134 valence electrons. The summed E-state index contributed by atoms with van der Waals surface area (Å²) in [6.07, 6.45) is 10.3. The Kier molecular flexibility index (Phi) is 5.52. The average molecular weight is 366 g/mol. The minimum Gasteiger partial charge on any atom is -0.317 e. The number of anilines is 2. The molecule has 0 saturated carbocycles. The molecule has 1 aromatic carbocycles. The van der Waals surface area contributed by atoms with Gasteiger partial charge in [-0.2, -0.15) is 0 Å². The van der Waals surface area contributed by atoms with Crippen molar-refractivity contribution in [3.8, 4) is 10.4 Å². The summed E-state index contributed by atoms with van der Waals surface area (Å²) in [5, 5.41) is 7.61. The number of aromatic nitrogens is 3. The van der Waals surface area contributed by atoms with Crippen LogP contribution in [0.4, 0.5) is 10.9 Å². The summed E-state index contributed by atoms with van der Waals surface area (Å²) >= 11 is 1.63. The fraction of sp³-hybridized carbons (Fsp3) is 0.350. The van der Waals surface area contributed by atoms with Crippen LogP contribution >= 0.6 is 11.3 Å². The lowest BCUT2D eigenvalue weighted by Gasteiger charge is -2.13. The number of thiazole rings is 1. The number of nitrogens with one attached hydrogen (secondary N) is 2. The maximum Gasteiger partial charge on any atom is 0.188 e. The molecule has 0 spiro atoms. The molecule has 1 aliphatic rings. The average Bonchev–Trinajstić information content (AvgIpc) is 2.98. The molecule has 26 heavy (non-hydrogen) atoms. The van der Waals surface area contributed by atoms with Gasteiger partial charge in [0.2, 0.25) is 0 Å². The first-order valence-electron chi connectivity index (χ1n) is 9.17. The molecule has 2 aromatic heterocycles. The highest BCUT2D eigenvalue weighted by molar-refractivity contribution is 7.18. The fourth-order valence-electron chi connectivity index (χ4n) is 3.33. The van der Waals surface area contributed by atoms with Gasteiger partial charge in [0.15, 0.2) is 10.9 Å². The van der Waals surface area contributed by atoms with Crippen molar-refractivity contribution in [2.45, 2.75) is 25.7 Å². The second-order valence-corrected chi connectivity index (χ2v) is 7.70. The topological polar surface area (TPSA) is 62.7 Å². The van der Waals surface area contributed by atoms with Crippen molar-refractivity contribution in [1.29, 1.82) is 0 Å². The Labute approximate surface area is 157 Å². The Morgan fingerprint density at radius 2 is 2.00 bits per heavy atom. The largest absolute Gasteiger partial charge is 0.317 e. The number of hydrogen-bond acceptors (Lipinski definition) is 6. The molecular weight excluding hydrogens is 342 g/mol. The summed E-state index contributed by atoms with van der Waals surface area (Å²) < 4.78 is 0. The fourth-order valence-corrected chi connectivity index (χ4v) is 4.16. The summed E-state index contributed by atoms with van der Waals surface area (Å²) in [5.41, 5.74) is 2.24. The monoisotopic (exact) mass is 365 g/mol. The van der Waals surface area contributed by atoms with E-state index >= 15 is 0 Å². The Morgan fingerprint density at radius 3 is 2.92 bits per heavy atom. The molecule has 0 aliphatic carbocycles. The Bertz CT molecular complexity index is 825. The van der Waals surface area contributed by atoms with Crippen molar-refractivity contribution >= 4 is 22.3 Å². The Hall–Kier alpha value is -2.31. The molecule has 1 atom stereocenters. The van der Waals surface area contributed by atoms with Crippen LogP contribution in [-0.4, -0.2) is 28.0 Å². The van der Waals surface area contributed by atoms with Gasteiger partial charge in [-0.25, -0.2) is 9.97 Å². The van der Waals surface area contributed by atoms with Crippen molar-refractivity contribution in [2.24, 2.45) is 5.92 Å². The highest BCUT2D eigenvalue weighted by atomic mass is 32.1. The highest BCUT2D eigenvalue weighted by Gasteiger charge is 2.14. The maximum absolute atomic E-state index is 4.75. The van der Waals surface area contributed by atoms with Crippen molar-refractivity contribution in [2.75, 3.05) is 18.4 Å². The van der Waals surface area contributed by atoms with Crippen LogP contribution in [0.25, 0.3) is 10.4 Å². The molecule has 0 unspecified atom stereocenters. The first-order chi connectivity index (χ1) is 12.9. The van der Waals surface area contributed by atoms with Crippen LogP contribution in [0.1, 0.15) is 25.0 Å². The first-order valence-corrected chi connectivity index (χ1v) is 9.98. The van der Waals surface area contributed by atoms with Gasteiger partial charge in [0.05, 0.1) is 16.8 Å². The summed E-state index contributed by atoms with van der Waals surface area (Å²) in [6, 6.07) is 10.3. The minimum absolute atomic E-state index is 0.694. The van der Waals surface area contributed by atoms with Crippen molar-refractivity contribution in [3.63, 3.8) is 0 Å². The number of rotatable bonds is 5. The molecule has 2 N–H and O–H groups in total. The van der Waals surface area contributed by atoms with Gasteiger partial charge in [0.1, 0.15) is 0 Å². The third-order valence-corrected chi connectivity index (χ3v) is 5.64. The van der Waals surface area contributed by atoms with Crippen molar-refractivity contribution < 1.29 is 0 Å². The van der Waals surface area contributed by atoms with E-state index in [4.69, 9.17) is 4.98 Å². The van der Waals surface area contributed by atoms with Crippen LogP contribution in [0.2, 0.25) is 0 Å². The lowest BCUT2D eigenvalue weighted by molar-refractivity contribution is 0.464. The van der Waals surface area contributed by atoms with Crippen molar-refractivity contribution in [3.05, 3.63) is 54.6 Å². The summed E-state index contributed by atoms with van der Waals surface area (Å²) in [5.74, 6) is 1.46. The maximum atomic E-state index is 4.75. The molecule has 0 amide bonds. The number of nitrogens with zero attached hydrogens (tertiary/aromatic N) is 3. The summed E-state index contributed by atoms with van der Waals surface area (Å²) in [7, 11) is 0. The molecule has 1 saturated heterocycles. The van der Waals surface area contributed by atoms with E-state index in [0.29, 0.717) is 5.92 Å². The van der Waals surface area contributed by atoms with Crippen LogP contribution in [0.5, 0.6) is 0 Å². The third-order valence-electron chi connectivity index (χ3n) is 4.68. The smallest absolute Gasteiger partial charge is 0.188 e. The molecule has 1 aliphatic heterocycles. The summed E-state index contributed by atoms with van der Waals surface area (Å²) in [6.45, 7) is 2.25. The van der Waals surface area contributed by atoms with Crippen LogP contribution in [-0.2, 0) is 6.42 Å².